The Labute approximate surface area is 193 Å². The van der Waals surface area contributed by atoms with Crippen molar-refractivity contribution < 1.29 is 0 Å². The van der Waals surface area contributed by atoms with Crippen molar-refractivity contribution in [2.24, 2.45) is 11.8 Å². The Bertz CT molecular complexity index is 998. The number of aromatic amines is 1. The highest BCUT2D eigenvalue weighted by Crippen LogP contribution is 2.42. The predicted octanol–water partition coefficient (Wildman–Crippen LogP) is 4.87. The van der Waals surface area contributed by atoms with Gasteiger partial charge in [0.25, 0.3) is 0 Å². The van der Waals surface area contributed by atoms with Crippen LogP contribution in [0.15, 0.2) is 43.0 Å². The minimum Gasteiger partial charge on any atom is -0.370 e. The molecular weight excluding hydrogens is 431 g/mol. The van der Waals surface area contributed by atoms with Crippen LogP contribution in [0.4, 0.5) is 5.69 Å². The molecular formula is C23H28Cl2N6. The Morgan fingerprint density at radius 2 is 2.03 bits per heavy atom. The van der Waals surface area contributed by atoms with Crippen molar-refractivity contribution in [2.45, 2.75) is 32.4 Å². The normalized spacial score (nSPS) is 21.3. The quantitative estimate of drug-likeness (QED) is 0.572. The summed E-state index contributed by atoms with van der Waals surface area (Å²) in [4.78, 5) is 12.6. The van der Waals surface area contributed by atoms with Crippen LogP contribution >= 0.6 is 23.2 Å². The van der Waals surface area contributed by atoms with Gasteiger partial charge in [0.15, 0.2) is 0 Å². The van der Waals surface area contributed by atoms with Gasteiger partial charge in [-0.25, -0.2) is 4.98 Å². The summed E-state index contributed by atoms with van der Waals surface area (Å²) < 4.78 is 1.95. The third kappa shape index (κ3) is 4.34. The van der Waals surface area contributed by atoms with Crippen molar-refractivity contribution in [3.8, 4) is 0 Å². The van der Waals surface area contributed by atoms with E-state index in [0.717, 1.165) is 55.7 Å². The van der Waals surface area contributed by atoms with Crippen molar-refractivity contribution in [1.29, 1.82) is 0 Å². The van der Waals surface area contributed by atoms with Crippen molar-refractivity contribution in [1.82, 2.24) is 24.6 Å². The topological polar surface area (TPSA) is 53.0 Å². The van der Waals surface area contributed by atoms with Crippen LogP contribution in [0.5, 0.6) is 0 Å². The number of halogens is 2. The van der Waals surface area contributed by atoms with Gasteiger partial charge in [-0.1, -0.05) is 23.2 Å². The van der Waals surface area contributed by atoms with E-state index in [1.165, 1.54) is 12.8 Å². The summed E-state index contributed by atoms with van der Waals surface area (Å²) in [5.41, 5.74) is 2.23. The Kier molecular flexibility index (Phi) is 5.95. The molecule has 0 bridgehead atoms. The molecule has 1 N–H and O–H groups in total. The van der Waals surface area contributed by atoms with Crippen LogP contribution in [0.1, 0.15) is 37.2 Å². The van der Waals surface area contributed by atoms with Crippen LogP contribution in [-0.4, -0.2) is 50.8 Å². The van der Waals surface area contributed by atoms with E-state index in [-0.39, 0.29) is 6.04 Å². The van der Waals surface area contributed by atoms with Crippen LogP contribution < -0.4 is 4.90 Å². The van der Waals surface area contributed by atoms with Gasteiger partial charge in [-0.05, 0) is 56.3 Å². The average molecular weight is 459 g/mol. The first-order valence-corrected chi connectivity index (χ1v) is 11.8. The molecule has 31 heavy (non-hydrogen) atoms. The summed E-state index contributed by atoms with van der Waals surface area (Å²) in [5.74, 6) is 2.48. The molecule has 8 heteroatoms. The van der Waals surface area contributed by atoms with E-state index in [0.29, 0.717) is 16.0 Å². The monoisotopic (exact) mass is 458 g/mol. The number of piperidine rings is 1. The second-order valence-corrected chi connectivity index (χ2v) is 9.66. The number of rotatable bonds is 6. The first-order valence-electron chi connectivity index (χ1n) is 11.0. The lowest BCUT2D eigenvalue weighted by molar-refractivity contribution is 0.112. The van der Waals surface area contributed by atoms with E-state index in [1.54, 1.807) is 6.20 Å². The molecule has 0 amide bonds. The number of anilines is 1. The zero-order chi connectivity index (χ0) is 21.4. The fourth-order valence-electron chi connectivity index (χ4n) is 5.11. The molecule has 0 saturated carbocycles. The SMILES string of the molecule is CC(c1c(Cl)cc(Cl)cc1N1CC([C@H]2CCCN(Cc3ncc[nH]3)C2)C1)n1cccn1. The molecule has 0 spiro atoms. The molecule has 4 heterocycles. The van der Waals surface area contributed by atoms with E-state index in [2.05, 4.69) is 37.9 Å². The van der Waals surface area contributed by atoms with Gasteiger partial charge < -0.3 is 9.88 Å². The maximum atomic E-state index is 6.68. The van der Waals surface area contributed by atoms with Crippen molar-refractivity contribution >= 4 is 28.9 Å². The summed E-state index contributed by atoms with van der Waals surface area (Å²) in [5, 5.41) is 5.81. The van der Waals surface area contributed by atoms with Crippen LogP contribution in [0, 0.1) is 11.8 Å². The molecule has 2 atom stereocenters. The summed E-state index contributed by atoms with van der Waals surface area (Å²) in [6.07, 6.45) is 10.1. The number of benzene rings is 1. The van der Waals surface area contributed by atoms with E-state index in [9.17, 15) is 0 Å². The van der Waals surface area contributed by atoms with Crippen LogP contribution in [-0.2, 0) is 6.54 Å². The molecule has 164 valence electrons. The maximum Gasteiger partial charge on any atom is 0.120 e. The molecule has 6 nitrogen and oxygen atoms in total. The first kappa shape index (κ1) is 20.9. The minimum atomic E-state index is 0.0484. The molecule has 2 saturated heterocycles. The number of nitrogens with zero attached hydrogens (tertiary/aromatic N) is 5. The summed E-state index contributed by atoms with van der Waals surface area (Å²) in [6.45, 7) is 7.45. The van der Waals surface area contributed by atoms with E-state index < -0.39 is 0 Å². The zero-order valence-corrected chi connectivity index (χ0v) is 19.2. The van der Waals surface area contributed by atoms with Crippen molar-refractivity contribution in [2.75, 3.05) is 31.1 Å². The second kappa shape index (κ2) is 8.85. The fraction of sp³-hybridized carbons (Fsp3) is 0.478. The lowest BCUT2D eigenvalue weighted by atomic mass is 9.80. The van der Waals surface area contributed by atoms with Crippen LogP contribution in [0.2, 0.25) is 10.0 Å². The average Bonchev–Trinajstić information content (AvgIpc) is 3.41. The third-order valence-electron chi connectivity index (χ3n) is 6.80. The number of nitrogens with one attached hydrogen (secondary N) is 1. The zero-order valence-electron chi connectivity index (χ0n) is 17.7. The predicted molar refractivity (Wildman–Crippen MR) is 125 cm³/mol. The molecule has 5 rings (SSSR count). The number of hydrogen-bond acceptors (Lipinski definition) is 4. The third-order valence-corrected chi connectivity index (χ3v) is 7.33. The molecule has 0 radical (unpaired) electrons. The Morgan fingerprint density at radius 1 is 1.16 bits per heavy atom. The molecule has 2 aliphatic rings. The standard InChI is InChI=1S/C23H28Cl2N6/c1-16(31-9-3-5-28-31)23-20(25)10-19(24)11-21(23)30-13-18(14-30)17-4-2-8-29(12-17)15-22-26-6-7-27-22/h3,5-7,9-11,16-18H,2,4,8,12-15H2,1H3,(H,26,27)/t16?,17-/m0/s1. The van der Waals surface area contributed by atoms with Crippen LogP contribution in [0.25, 0.3) is 0 Å². The fourth-order valence-corrected chi connectivity index (χ4v) is 5.75. The van der Waals surface area contributed by atoms with E-state index in [1.807, 2.05) is 35.4 Å². The molecule has 2 aliphatic heterocycles. The number of H-pyrrole nitrogens is 1. The number of aromatic nitrogens is 4. The maximum absolute atomic E-state index is 6.68. The molecule has 2 fully saturated rings. The lowest BCUT2D eigenvalue weighted by Crippen LogP contribution is -2.53. The van der Waals surface area contributed by atoms with Gasteiger partial charge in [-0.2, -0.15) is 5.10 Å². The smallest absolute Gasteiger partial charge is 0.120 e. The first-order chi connectivity index (χ1) is 15.1. The summed E-state index contributed by atoms with van der Waals surface area (Å²) >= 11 is 13.1. The Balaban J connectivity index is 1.28. The highest BCUT2D eigenvalue weighted by molar-refractivity contribution is 6.35. The number of likely N-dealkylation sites (tertiary alicyclic amines) is 1. The largest absolute Gasteiger partial charge is 0.370 e. The van der Waals surface area contributed by atoms with Gasteiger partial charge in [-0.15, -0.1) is 0 Å². The van der Waals surface area contributed by atoms with E-state index in [4.69, 9.17) is 23.2 Å². The molecule has 3 aromatic rings. The van der Waals surface area contributed by atoms with Crippen molar-refractivity contribution in [3.05, 3.63) is 64.4 Å². The van der Waals surface area contributed by atoms with E-state index >= 15 is 0 Å². The van der Waals surface area contributed by atoms with Gasteiger partial charge in [0.1, 0.15) is 5.82 Å². The second-order valence-electron chi connectivity index (χ2n) is 8.82. The van der Waals surface area contributed by atoms with Gasteiger partial charge in [-0.3, -0.25) is 9.58 Å². The summed E-state index contributed by atoms with van der Waals surface area (Å²) in [6, 6.07) is 5.89. The highest BCUT2D eigenvalue weighted by Gasteiger charge is 2.37. The van der Waals surface area contributed by atoms with Gasteiger partial charge in [0.2, 0.25) is 0 Å². The van der Waals surface area contributed by atoms with Gasteiger partial charge >= 0.3 is 0 Å². The molecule has 1 aromatic carbocycles. The highest BCUT2D eigenvalue weighted by atomic mass is 35.5. The minimum absolute atomic E-state index is 0.0484. The Hall–Kier alpha value is -2.02. The lowest BCUT2D eigenvalue weighted by Gasteiger charge is -2.48. The number of imidazole rings is 1. The van der Waals surface area contributed by atoms with Crippen LogP contribution in [0.3, 0.4) is 0 Å². The molecule has 1 unspecified atom stereocenters. The number of hydrogen-bond donors (Lipinski definition) is 1. The summed E-state index contributed by atoms with van der Waals surface area (Å²) in [7, 11) is 0. The Morgan fingerprint density at radius 3 is 2.77 bits per heavy atom. The van der Waals surface area contributed by atoms with Crippen molar-refractivity contribution in [3.63, 3.8) is 0 Å². The molecule has 2 aromatic heterocycles. The van der Waals surface area contributed by atoms with Gasteiger partial charge in [0, 0.05) is 65.7 Å². The van der Waals surface area contributed by atoms with Gasteiger partial charge in [0.05, 0.1) is 12.6 Å². The molecule has 0 aliphatic carbocycles.